The fraction of sp³-hybridized carbons (Fsp3) is 0.318. The molecule has 31 heavy (non-hydrogen) atoms. The minimum absolute atomic E-state index is 0.274. The third kappa shape index (κ3) is 4.10. The Hall–Kier alpha value is -3.43. The van der Waals surface area contributed by atoms with E-state index in [1.807, 2.05) is 31.2 Å². The van der Waals surface area contributed by atoms with E-state index in [0.717, 1.165) is 42.0 Å². The SMILES string of the molecule is CCN(N)/C(=C\N)c1cc2cc(Nc3cc(C4(N)CCCC4)ccn3)ncc2c(N)n1. The van der Waals surface area contributed by atoms with Crippen molar-refractivity contribution in [1.29, 1.82) is 0 Å². The fourth-order valence-corrected chi connectivity index (χ4v) is 4.11. The zero-order valence-corrected chi connectivity index (χ0v) is 17.7. The molecule has 4 rings (SSSR count). The molecule has 3 aromatic rings. The molecule has 1 aliphatic rings. The van der Waals surface area contributed by atoms with Gasteiger partial charge in [-0.3, -0.25) is 0 Å². The average molecular weight is 420 g/mol. The first kappa shape index (κ1) is 20.8. The van der Waals surface area contributed by atoms with Crippen LogP contribution in [0.25, 0.3) is 16.5 Å². The Labute approximate surface area is 181 Å². The molecule has 3 heterocycles. The van der Waals surface area contributed by atoms with E-state index in [4.69, 9.17) is 23.0 Å². The van der Waals surface area contributed by atoms with Crippen LogP contribution in [0.2, 0.25) is 0 Å². The normalized spacial score (nSPS) is 15.9. The lowest BCUT2D eigenvalue weighted by Crippen LogP contribution is -2.33. The van der Waals surface area contributed by atoms with Gasteiger partial charge in [0.1, 0.15) is 17.5 Å². The molecule has 9 N–H and O–H groups in total. The highest BCUT2D eigenvalue weighted by Crippen LogP contribution is 2.37. The molecule has 0 aromatic carbocycles. The average Bonchev–Trinajstić information content (AvgIpc) is 3.22. The molecule has 0 aliphatic heterocycles. The van der Waals surface area contributed by atoms with Gasteiger partial charge >= 0.3 is 0 Å². The van der Waals surface area contributed by atoms with Gasteiger partial charge in [0.25, 0.3) is 0 Å². The highest BCUT2D eigenvalue weighted by Gasteiger charge is 2.31. The summed E-state index contributed by atoms with van der Waals surface area (Å²) in [4.78, 5) is 13.4. The van der Waals surface area contributed by atoms with E-state index in [2.05, 4.69) is 20.3 Å². The Bertz CT molecular complexity index is 1120. The Balaban J connectivity index is 1.66. The molecule has 0 atom stereocenters. The van der Waals surface area contributed by atoms with Crippen LogP contribution >= 0.6 is 0 Å². The van der Waals surface area contributed by atoms with E-state index in [1.165, 1.54) is 11.2 Å². The second-order valence-corrected chi connectivity index (χ2v) is 7.94. The summed E-state index contributed by atoms with van der Waals surface area (Å²) >= 11 is 0. The topological polar surface area (TPSA) is 158 Å². The number of nitrogens with two attached hydrogens (primary N) is 4. The molecule has 9 nitrogen and oxygen atoms in total. The van der Waals surface area contributed by atoms with Gasteiger partial charge in [0.2, 0.25) is 0 Å². The maximum atomic E-state index is 6.61. The molecule has 0 amide bonds. The number of anilines is 3. The van der Waals surface area contributed by atoms with Gasteiger partial charge in [-0.05, 0) is 55.0 Å². The number of pyridine rings is 3. The van der Waals surface area contributed by atoms with Gasteiger partial charge in [0.05, 0.1) is 11.4 Å². The number of nitrogen functional groups attached to an aromatic ring is 1. The maximum Gasteiger partial charge on any atom is 0.133 e. The number of hydrazine groups is 1. The monoisotopic (exact) mass is 419 g/mol. The third-order valence-corrected chi connectivity index (χ3v) is 5.90. The number of hydrogen-bond acceptors (Lipinski definition) is 9. The van der Waals surface area contributed by atoms with Gasteiger partial charge < -0.3 is 27.5 Å². The first-order chi connectivity index (χ1) is 14.9. The van der Waals surface area contributed by atoms with Crippen molar-refractivity contribution in [1.82, 2.24) is 20.0 Å². The highest BCUT2D eigenvalue weighted by molar-refractivity contribution is 5.93. The molecule has 0 radical (unpaired) electrons. The molecule has 9 heteroatoms. The van der Waals surface area contributed by atoms with Crippen LogP contribution in [0.1, 0.15) is 43.9 Å². The molecule has 0 bridgehead atoms. The van der Waals surface area contributed by atoms with E-state index >= 15 is 0 Å². The summed E-state index contributed by atoms with van der Waals surface area (Å²) in [5.74, 6) is 7.73. The van der Waals surface area contributed by atoms with Crippen molar-refractivity contribution in [3.8, 4) is 0 Å². The van der Waals surface area contributed by atoms with E-state index in [1.54, 1.807) is 12.4 Å². The summed E-state index contributed by atoms with van der Waals surface area (Å²) in [5, 5.41) is 6.42. The number of fused-ring (bicyclic) bond motifs is 1. The van der Waals surface area contributed by atoms with Gasteiger partial charge in [-0.15, -0.1) is 0 Å². The summed E-state index contributed by atoms with van der Waals surface area (Å²) in [6.45, 7) is 2.51. The second kappa shape index (κ2) is 8.37. The van der Waals surface area contributed by atoms with Gasteiger partial charge in [-0.25, -0.2) is 20.8 Å². The Kier molecular flexibility index (Phi) is 5.62. The largest absolute Gasteiger partial charge is 0.403 e. The van der Waals surface area contributed by atoms with Crippen molar-refractivity contribution in [2.45, 2.75) is 38.1 Å². The van der Waals surface area contributed by atoms with Gasteiger partial charge in [-0.1, -0.05) is 12.8 Å². The first-order valence-corrected chi connectivity index (χ1v) is 10.5. The summed E-state index contributed by atoms with van der Waals surface area (Å²) < 4.78 is 0. The van der Waals surface area contributed by atoms with Crippen molar-refractivity contribution in [3.05, 3.63) is 54.1 Å². The summed E-state index contributed by atoms with van der Waals surface area (Å²) in [7, 11) is 0. The molecular weight excluding hydrogens is 390 g/mol. The summed E-state index contributed by atoms with van der Waals surface area (Å²) in [6.07, 6.45) is 9.20. The quantitative estimate of drug-likeness (QED) is 0.299. The minimum Gasteiger partial charge on any atom is -0.403 e. The highest BCUT2D eigenvalue weighted by atomic mass is 15.4. The maximum absolute atomic E-state index is 6.61. The minimum atomic E-state index is -0.274. The zero-order chi connectivity index (χ0) is 22.0. The summed E-state index contributed by atoms with van der Waals surface area (Å²) in [6, 6.07) is 7.80. The zero-order valence-electron chi connectivity index (χ0n) is 17.7. The molecule has 3 aromatic heterocycles. The van der Waals surface area contributed by atoms with Crippen molar-refractivity contribution >= 4 is 33.9 Å². The predicted molar refractivity (Wildman–Crippen MR) is 125 cm³/mol. The molecule has 162 valence electrons. The first-order valence-electron chi connectivity index (χ1n) is 10.5. The van der Waals surface area contributed by atoms with Crippen LogP contribution < -0.4 is 28.4 Å². The number of rotatable bonds is 6. The van der Waals surface area contributed by atoms with Crippen LogP contribution in [0.5, 0.6) is 0 Å². The lowest BCUT2D eigenvalue weighted by Gasteiger charge is -2.24. The summed E-state index contributed by atoms with van der Waals surface area (Å²) in [5.41, 5.74) is 20.6. The number of nitrogens with one attached hydrogen (secondary N) is 1. The predicted octanol–water partition coefficient (Wildman–Crippen LogP) is 2.53. The number of nitrogens with zero attached hydrogens (tertiary/aromatic N) is 4. The van der Waals surface area contributed by atoms with Gasteiger partial charge in [0.15, 0.2) is 0 Å². The van der Waals surface area contributed by atoms with Crippen molar-refractivity contribution in [2.75, 3.05) is 17.6 Å². The molecule has 1 aliphatic carbocycles. The number of hydrogen-bond donors (Lipinski definition) is 5. The van der Waals surface area contributed by atoms with Crippen LogP contribution in [0.4, 0.5) is 17.5 Å². The molecule has 0 spiro atoms. The molecule has 0 unspecified atom stereocenters. The van der Waals surface area contributed by atoms with Crippen molar-refractivity contribution in [3.63, 3.8) is 0 Å². The second-order valence-electron chi connectivity index (χ2n) is 7.94. The van der Waals surface area contributed by atoms with E-state index in [0.29, 0.717) is 35.4 Å². The van der Waals surface area contributed by atoms with E-state index in [9.17, 15) is 0 Å². The number of aromatic nitrogens is 3. The third-order valence-electron chi connectivity index (χ3n) is 5.90. The van der Waals surface area contributed by atoms with Crippen LogP contribution in [0.15, 0.2) is 42.9 Å². The van der Waals surface area contributed by atoms with Crippen LogP contribution in [-0.4, -0.2) is 26.5 Å². The van der Waals surface area contributed by atoms with Crippen LogP contribution in [-0.2, 0) is 5.54 Å². The van der Waals surface area contributed by atoms with Crippen molar-refractivity contribution in [2.24, 2.45) is 17.3 Å². The smallest absolute Gasteiger partial charge is 0.133 e. The van der Waals surface area contributed by atoms with Gasteiger partial charge in [-0.2, -0.15) is 0 Å². The molecule has 1 saturated carbocycles. The van der Waals surface area contributed by atoms with E-state index < -0.39 is 0 Å². The Morgan fingerprint density at radius 1 is 1.19 bits per heavy atom. The van der Waals surface area contributed by atoms with Crippen molar-refractivity contribution < 1.29 is 0 Å². The van der Waals surface area contributed by atoms with E-state index in [-0.39, 0.29) is 5.54 Å². The fourth-order valence-electron chi connectivity index (χ4n) is 4.11. The molecule has 0 saturated heterocycles. The lowest BCUT2D eigenvalue weighted by atomic mass is 9.90. The Morgan fingerprint density at radius 3 is 2.65 bits per heavy atom. The Morgan fingerprint density at radius 2 is 1.94 bits per heavy atom. The lowest BCUT2D eigenvalue weighted by molar-refractivity contribution is 0.438. The molecular formula is C22H29N9. The van der Waals surface area contributed by atoms with Crippen LogP contribution in [0, 0.1) is 0 Å². The molecule has 1 fully saturated rings. The standard InChI is InChI=1S/C22H29N9/c1-2-31(26)18(12-23)17-9-14-10-19(28-13-16(14)21(24)29-17)30-20-11-15(5-8-27-20)22(25)6-3-4-7-22/h5,8-13H,2-4,6-7,23,25-26H2,1H3,(H2,24,29)(H,27,28,30)/b18-12-. The van der Waals surface area contributed by atoms with Gasteiger partial charge in [0, 0.05) is 36.1 Å². The van der Waals surface area contributed by atoms with Crippen LogP contribution in [0.3, 0.4) is 0 Å².